The first-order chi connectivity index (χ1) is 10.6. The van der Waals surface area contributed by atoms with E-state index in [2.05, 4.69) is 27.9 Å². The zero-order valence-electron chi connectivity index (χ0n) is 14.1. The Morgan fingerprint density at radius 3 is 2.48 bits per heavy atom. The first kappa shape index (κ1) is 19.7. The molecule has 0 aliphatic heterocycles. The molecule has 1 amide bonds. The number of carbonyl (C=O) groups excluding carboxylic acids is 1. The van der Waals surface area contributed by atoms with Gasteiger partial charge in [0.25, 0.3) is 0 Å². The first-order valence-corrected chi connectivity index (χ1v) is 7.98. The van der Waals surface area contributed by atoms with Crippen LogP contribution in [0.4, 0.5) is 5.69 Å². The third-order valence-corrected chi connectivity index (χ3v) is 3.83. The Hall–Kier alpha value is -1.31. The van der Waals surface area contributed by atoms with Crippen molar-refractivity contribution in [3.63, 3.8) is 0 Å². The second kappa shape index (κ2) is 9.75. The standard InChI is InChI=1S/C17H26N4O.HI/c1-4-5-16(22)20-14-8-6-13(7-9-14)11-19-17(18-3)21-15-10-12(15)2;/h6-9,12,15H,4-5,10-11H2,1-3H3,(H,20,22)(H2,18,19,21);1H. The molecule has 6 heteroatoms. The molecule has 2 rings (SSSR count). The summed E-state index contributed by atoms with van der Waals surface area (Å²) in [5, 5.41) is 9.59. The smallest absolute Gasteiger partial charge is 0.224 e. The van der Waals surface area contributed by atoms with Crippen molar-refractivity contribution in [2.75, 3.05) is 12.4 Å². The lowest BCUT2D eigenvalue weighted by molar-refractivity contribution is -0.116. The van der Waals surface area contributed by atoms with Crippen LogP contribution in [0.1, 0.15) is 38.7 Å². The third-order valence-electron chi connectivity index (χ3n) is 3.83. The van der Waals surface area contributed by atoms with Crippen LogP contribution in [0, 0.1) is 5.92 Å². The molecule has 3 N–H and O–H groups in total. The van der Waals surface area contributed by atoms with E-state index in [1.165, 1.54) is 6.42 Å². The molecular weight excluding hydrogens is 403 g/mol. The van der Waals surface area contributed by atoms with Gasteiger partial charge in [-0.1, -0.05) is 26.0 Å². The minimum absolute atomic E-state index is 0. The number of hydrogen-bond donors (Lipinski definition) is 3. The molecule has 0 spiro atoms. The second-order valence-electron chi connectivity index (χ2n) is 5.88. The predicted molar refractivity (Wildman–Crippen MR) is 106 cm³/mol. The Balaban J connectivity index is 0.00000264. The lowest BCUT2D eigenvalue weighted by Crippen LogP contribution is -2.38. The van der Waals surface area contributed by atoms with Crippen molar-refractivity contribution in [3.05, 3.63) is 29.8 Å². The van der Waals surface area contributed by atoms with Gasteiger partial charge in [0.05, 0.1) is 0 Å². The minimum atomic E-state index is 0. The van der Waals surface area contributed by atoms with E-state index >= 15 is 0 Å². The van der Waals surface area contributed by atoms with Crippen LogP contribution >= 0.6 is 24.0 Å². The highest BCUT2D eigenvalue weighted by Gasteiger charge is 2.33. The third kappa shape index (κ3) is 6.76. The molecule has 0 aromatic heterocycles. The molecule has 0 bridgehead atoms. The zero-order valence-corrected chi connectivity index (χ0v) is 16.4. The topological polar surface area (TPSA) is 65.5 Å². The highest BCUT2D eigenvalue weighted by molar-refractivity contribution is 14.0. The van der Waals surface area contributed by atoms with Gasteiger partial charge in [-0.2, -0.15) is 0 Å². The molecular formula is C17H27IN4O. The molecule has 1 aliphatic carbocycles. The molecule has 0 saturated heterocycles. The SMILES string of the molecule is CCCC(=O)Nc1ccc(CNC(=NC)NC2CC2C)cc1.I. The van der Waals surface area contributed by atoms with Crippen molar-refractivity contribution >= 4 is 41.5 Å². The van der Waals surface area contributed by atoms with E-state index in [-0.39, 0.29) is 29.9 Å². The van der Waals surface area contributed by atoms with E-state index in [0.29, 0.717) is 19.0 Å². The summed E-state index contributed by atoms with van der Waals surface area (Å²) < 4.78 is 0. The molecule has 0 radical (unpaired) electrons. The molecule has 23 heavy (non-hydrogen) atoms. The quantitative estimate of drug-likeness (QED) is 0.369. The Kier molecular flexibility index (Phi) is 8.36. The maximum atomic E-state index is 11.5. The normalized spacial score (nSPS) is 19.5. The Bertz CT molecular complexity index is 530. The highest BCUT2D eigenvalue weighted by Crippen LogP contribution is 2.28. The Labute approximate surface area is 155 Å². The van der Waals surface area contributed by atoms with Crippen molar-refractivity contribution in [2.45, 2.75) is 45.7 Å². The number of nitrogens with one attached hydrogen (secondary N) is 3. The number of carbonyl (C=O) groups is 1. The molecule has 1 aliphatic rings. The van der Waals surface area contributed by atoms with Gasteiger partial charge in [-0.05, 0) is 36.5 Å². The Morgan fingerprint density at radius 1 is 1.30 bits per heavy atom. The number of guanidine groups is 1. The summed E-state index contributed by atoms with van der Waals surface area (Å²) in [4.78, 5) is 15.8. The van der Waals surface area contributed by atoms with Crippen LogP contribution in [0.15, 0.2) is 29.3 Å². The summed E-state index contributed by atoms with van der Waals surface area (Å²) in [6.45, 7) is 4.94. The summed E-state index contributed by atoms with van der Waals surface area (Å²) in [6, 6.07) is 8.46. The van der Waals surface area contributed by atoms with Crippen LogP contribution in [0.2, 0.25) is 0 Å². The van der Waals surface area contributed by atoms with Gasteiger partial charge in [-0.3, -0.25) is 9.79 Å². The maximum Gasteiger partial charge on any atom is 0.224 e. The summed E-state index contributed by atoms with van der Waals surface area (Å²) in [5.74, 6) is 1.65. The van der Waals surface area contributed by atoms with Gasteiger partial charge in [0.15, 0.2) is 5.96 Å². The summed E-state index contributed by atoms with van der Waals surface area (Å²) in [7, 11) is 1.79. The Morgan fingerprint density at radius 2 is 1.96 bits per heavy atom. The van der Waals surface area contributed by atoms with Gasteiger partial charge in [0.1, 0.15) is 0 Å². The molecule has 2 unspecified atom stereocenters. The average Bonchev–Trinajstić information content (AvgIpc) is 3.20. The zero-order chi connectivity index (χ0) is 15.9. The van der Waals surface area contributed by atoms with Gasteiger partial charge >= 0.3 is 0 Å². The molecule has 1 aromatic rings. The maximum absolute atomic E-state index is 11.5. The summed E-state index contributed by atoms with van der Waals surface area (Å²) >= 11 is 0. The number of halogens is 1. The minimum Gasteiger partial charge on any atom is -0.353 e. The van der Waals surface area contributed by atoms with E-state index in [4.69, 9.17) is 0 Å². The lowest BCUT2D eigenvalue weighted by Gasteiger charge is -2.12. The van der Waals surface area contributed by atoms with Crippen molar-refractivity contribution < 1.29 is 4.79 Å². The average molecular weight is 430 g/mol. The van der Waals surface area contributed by atoms with Crippen molar-refractivity contribution in [1.82, 2.24) is 10.6 Å². The van der Waals surface area contributed by atoms with Gasteiger partial charge in [-0.15, -0.1) is 24.0 Å². The van der Waals surface area contributed by atoms with E-state index in [9.17, 15) is 4.79 Å². The number of aliphatic imine (C=N–C) groups is 1. The summed E-state index contributed by atoms with van der Waals surface area (Å²) in [6.07, 6.45) is 2.64. The van der Waals surface area contributed by atoms with E-state index in [1.807, 2.05) is 31.2 Å². The molecule has 1 aromatic carbocycles. The van der Waals surface area contributed by atoms with Crippen molar-refractivity contribution in [1.29, 1.82) is 0 Å². The van der Waals surface area contributed by atoms with Crippen LogP contribution in [-0.2, 0) is 11.3 Å². The molecule has 0 heterocycles. The van der Waals surface area contributed by atoms with Crippen LogP contribution in [-0.4, -0.2) is 25.0 Å². The van der Waals surface area contributed by atoms with Crippen LogP contribution < -0.4 is 16.0 Å². The van der Waals surface area contributed by atoms with Crippen molar-refractivity contribution in [2.24, 2.45) is 10.9 Å². The van der Waals surface area contributed by atoms with Crippen molar-refractivity contribution in [3.8, 4) is 0 Å². The highest BCUT2D eigenvalue weighted by atomic mass is 127. The fourth-order valence-corrected chi connectivity index (χ4v) is 2.24. The largest absolute Gasteiger partial charge is 0.353 e. The fraction of sp³-hybridized carbons (Fsp3) is 0.529. The fourth-order valence-electron chi connectivity index (χ4n) is 2.24. The van der Waals surface area contributed by atoms with Gasteiger partial charge in [0, 0.05) is 31.7 Å². The molecule has 5 nitrogen and oxygen atoms in total. The molecule has 1 saturated carbocycles. The number of anilines is 1. The second-order valence-corrected chi connectivity index (χ2v) is 5.88. The van der Waals surface area contributed by atoms with Crippen LogP contribution in [0.25, 0.3) is 0 Å². The summed E-state index contributed by atoms with van der Waals surface area (Å²) in [5.41, 5.74) is 2.00. The lowest BCUT2D eigenvalue weighted by atomic mass is 10.2. The molecule has 2 atom stereocenters. The molecule has 128 valence electrons. The van der Waals surface area contributed by atoms with E-state index in [1.54, 1.807) is 7.05 Å². The van der Waals surface area contributed by atoms with E-state index in [0.717, 1.165) is 29.5 Å². The van der Waals surface area contributed by atoms with Gasteiger partial charge in [-0.25, -0.2) is 0 Å². The number of amides is 1. The first-order valence-electron chi connectivity index (χ1n) is 7.98. The van der Waals surface area contributed by atoms with Gasteiger partial charge in [0.2, 0.25) is 5.91 Å². The van der Waals surface area contributed by atoms with Gasteiger partial charge < -0.3 is 16.0 Å². The monoisotopic (exact) mass is 430 g/mol. The number of rotatable bonds is 6. The van der Waals surface area contributed by atoms with E-state index < -0.39 is 0 Å². The molecule has 1 fully saturated rings. The number of hydrogen-bond acceptors (Lipinski definition) is 2. The number of benzene rings is 1. The number of nitrogens with zero attached hydrogens (tertiary/aromatic N) is 1. The predicted octanol–water partition coefficient (Wildman–Crippen LogP) is 3.12. The van der Waals surface area contributed by atoms with Crippen LogP contribution in [0.5, 0.6) is 0 Å². The van der Waals surface area contributed by atoms with Crippen LogP contribution in [0.3, 0.4) is 0 Å².